The van der Waals surface area contributed by atoms with E-state index < -0.39 is 59.7 Å². The van der Waals surface area contributed by atoms with Crippen LogP contribution in [0, 0.1) is 5.92 Å². The van der Waals surface area contributed by atoms with Gasteiger partial charge in [-0.15, -0.1) is 0 Å². The summed E-state index contributed by atoms with van der Waals surface area (Å²) in [6.45, 7) is 6.69. The number of anilines is 2. The summed E-state index contributed by atoms with van der Waals surface area (Å²) in [5, 5.41) is 4.97. The molecule has 1 aromatic heterocycles. The van der Waals surface area contributed by atoms with Gasteiger partial charge in [0.1, 0.15) is 18.4 Å². The Balaban J connectivity index is 1.28. The number of ketones is 1. The molecule has 4 aromatic rings. The van der Waals surface area contributed by atoms with Crippen LogP contribution in [-0.4, -0.2) is 83.7 Å². The van der Waals surface area contributed by atoms with Gasteiger partial charge < -0.3 is 29.2 Å². The number of aromatic amines is 1. The van der Waals surface area contributed by atoms with Crippen molar-refractivity contribution in [3.05, 3.63) is 99.8 Å². The summed E-state index contributed by atoms with van der Waals surface area (Å²) in [5.41, 5.74) is 0.194. The van der Waals surface area contributed by atoms with Gasteiger partial charge in [0.25, 0.3) is 11.5 Å². The monoisotopic (exact) mass is 895 g/mol. The number of esters is 2. The summed E-state index contributed by atoms with van der Waals surface area (Å²) in [4.78, 5) is 95.1. The van der Waals surface area contributed by atoms with Gasteiger partial charge in [0, 0.05) is 36.4 Å². The number of benzene rings is 3. The molecule has 0 unspecified atom stereocenters. The molecule has 344 valence electrons. The molecule has 1 atom stereocenters. The number of Topliss-reactive ketones (excluding diaryl/α,β-unsaturated/α-hetero) is 1. The minimum atomic E-state index is -5.29. The highest BCUT2D eigenvalue weighted by Gasteiger charge is 2.43. The van der Waals surface area contributed by atoms with Gasteiger partial charge in [-0.1, -0.05) is 50.2 Å². The third-order valence-corrected chi connectivity index (χ3v) is 9.58. The molecule has 0 aliphatic carbocycles. The van der Waals surface area contributed by atoms with Crippen molar-refractivity contribution in [2.24, 2.45) is 5.92 Å². The summed E-state index contributed by atoms with van der Waals surface area (Å²) in [5.74, 6) is -6.29. The fourth-order valence-corrected chi connectivity index (χ4v) is 6.05. The van der Waals surface area contributed by atoms with Gasteiger partial charge in [-0.25, -0.2) is 9.78 Å². The number of H-pyrrole nitrogens is 1. The third-order valence-electron chi connectivity index (χ3n) is 9.58. The van der Waals surface area contributed by atoms with Crippen molar-refractivity contribution in [2.75, 3.05) is 30.5 Å². The van der Waals surface area contributed by atoms with Crippen LogP contribution in [0.1, 0.15) is 87.7 Å². The first kappa shape index (κ1) is 50.2. The highest BCUT2D eigenvalue weighted by Crippen LogP contribution is 2.27. The SMILES string of the molecule is COC(=O)[C@H](CCC(=O)CCCOC(C)(C)OCCCC(=O)OCc1ccccc1)NC(=O)c1ccc(N(Cc2ccc3nc(NC(=O)C(C)C)[nH]c(=O)c3c2)C(=O)C(F)(F)F)cc1. The van der Waals surface area contributed by atoms with Crippen molar-refractivity contribution in [3.8, 4) is 0 Å². The van der Waals surface area contributed by atoms with Crippen molar-refractivity contribution < 1.29 is 60.9 Å². The third kappa shape index (κ3) is 15.7. The molecule has 0 saturated carbocycles. The second-order valence-electron chi connectivity index (χ2n) is 15.4. The van der Waals surface area contributed by atoms with Gasteiger partial charge in [0.05, 0.1) is 37.8 Å². The van der Waals surface area contributed by atoms with Crippen molar-refractivity contribution in [2.45, 2.75) is 97.4 Å². The fraction of sp³-hybridized carbons (Fsp3) is 0.422. The molecule has 3 amide bonds. The number of halogens is 3. The molecule has 0 aliphatic heterocycles. The number of carbonyl (C=O) groups excluding carboxylic acids is 6. The van der Waals surface area contributed by atoms with Crippen molar-refractivity contribution in [1.29, 1.82) is 0 Å². The fourth-order valence-electron chi connectivity index (χ4n) is 6.05. The van der Waals surface area contributed by atoms with Crippen molar-refractivity contribution >= 4 is 58.0 Å². The lowest BCUT2D eigenvalue weighted by Gasteiger charge is -2.25. The minimum absolute atomic E-state index is 0.00278. The zero-order valence-electron chi connectivity index (χ0n) is 36.2. The maximum atomic E-state index is 13.8. The predicted molar refractivity (Wildman–Crippen MR) is 228 cm³/mol. The van der Waals surface area contributed by atoms with E-state index in [1.54, 1.807) is 27.7 Å². The summed E-state index contributed by atoms with van der Waals surface area (Å²) >= 11 is 0. The van der Waals surface area contributed by atoms with Gasteiger partial charge >= 0.3 is 24.0 Å². The molecule has 19 heteroatoms. The zero-order chi connectivity index (χ0) is 47.0. The Morgan fingerprint density at radius 2 is 1.50 bits per heavy atom. The predicted octanol–water partition coefficient (Wildman–Crippen LogP) is 6.31. The highest BCUT2D eigenvalue weighted by atomic mass is 19.4. The normalized spacial score (nSPS) is 12.1. The highest BCUT2D eigenvalue weighted by molar-refractivity contribution is 6.00. The van der Waals surface area contributed by atoms with Crippen molar-refractivity contribution in [3.63, 3.8) is 0 Å². The molecule has 64 heavy (non-hydrogen) atoms. The standard InChI is InChI=1S/C45H52F3N5O11/c1-28(2)38(56)51-43-50-35-21-15-30(25-34(35)40(58)52-43)26-53(42(60)45(46,47)48)32-18-16-31(17-19-32)39(57)49-36(41(59)61-5)22-20-33(54)13-9-23-63-44(3,4)64-24-10-14-37(55)62-27-29-11-7-6-8-12-29/h6-8,11-12,15-19,21,25,28,36H,9-10,13-14,20,22-24,26-27H2,1-5H3,(H,49,57)(H2,50,51,52,56,58)/t36-/m0/s1. The Morgan fingerprint density at radius 1 is 0.844 bits per heavy atom. The van der Waals surface area contributed by atoms with Crippen molar-refractivity contribution in [1.82, 2.24) is 15.3 Å². The first-order chi connectivity index (χ1) is 30.3. The van der Waals surface area contributed by atoms with Gasteiger partial charge in [-0.05, 0) is 80.6 Å². The Hall–Kier alpha value is -6.47. The number of aromatic nitrogens is 2. The van der Waals surface area contributed by atoms with Crippen LogP contribution in [0.25, 0.3) is 10.9 Å². The summed E-state index contributed by atoms with van der Waals surface area (Å²) in [6.07, 6.45) is -4.46. The van der Waals surface area contributed by atoms with Gasteiger partial charge in [-0.3, -0.25) is 39.1 Å². The van der Waals surface area contributed by atoms with Crippen LogP contribution < -0.4 is 21.1 Å². The maximum absolute atomic E-state index is 13.8. The van der Waals surface area contributed by atoms with Gasteiger partial charge in [-0.2, -0.15) is 13.2 Å². The Morgan fingerprint density at radius 3 is 2.12 bits per heavy atom. The summed E-state index contributed by atoms with van der Waals surface area (Å²) in [7, 11) is 1.11. The minimum Gasteiger partial charge on any atom is -0.467 e. The van der Waals surface area contributed by atoms with E-state index in [4.69, 9.17) is 18.9 Å². The quantitative estimate of drug-likeness (QED) is 0.0425. The largest absolute Gasteiger partial charge is 0.471 e. The van der Waals surface area contributed by atoms with Crippen LogP contribution in [0.5, 0.6) is 0 Å². The number of ether oxygens (including phenoxy) is 4. The lowest BCUT2D eigenvalue weighted by Crippen LogP contribution is -2.42. The van der Waals surface area contributed by atoms with E-state index in [0.29, 0.717) is 17.7 Å². The van der Waals surface area contributed by atoms with Gasteiger partial charge in [0.15, 0.2) is 5.79 Å². The number of alkyl halides is 3. The number of hydrogen-bond donors (Lipinski definition) is 3. The average Bonchev–Trinajstić information content (AvgIpc) is 3.26. The maximum Gasteiger partial charge on any atom is 0.471 e. The van der Waals surface area contributed by atoms with E-state index in [9.17, 15) is 46.7 Å². The first-order valence-electron chi connectivity index (χ1n) is 20.5. The molecule has 0 saturated heterocycles. The van der Waals surface area contributed by atoms with Crippen LogP contribution in [0.2, 0.25) is 0 Å². The molecule has 16 nitrogen and oxygen atoms in total. The molecule has 0 spiro atoms. The lowest BCUT2D eigenvalue weighted by molar-refractivity contribution is -0.214. The van der Waals surface area contributed by atoms with E-state index >= 15 is 0 Å². The van der Waals surface area contributed by atoms with E-state index in [0.717, 1.165) is 36.9 Å². The molecule has 4 rings (SSSR count). The topological polar surface area (TPSA) is 212 Å². The number of rotatable bonds is 23. The number of fused-ring (bicyclic) bond motifs is 1. The molecule has 0 fully saturated rings. The number of nitrogens with zero attached hydrogens (tertiary/aromatic N) is 2. The van der Waals surface area contributed by atoms with Crippen LogP contribution in [-0.2, 0) is 56.1 Å². The van der Waals surface area contributed by atoms with Crippen LogP contribution in [0.4, 0.5) is 24.8 Å². The Labute approximate surface area is 367 Å². The Bertz CT molecular complexity index is 2320. The first-order valence-corrected chi connectivity index (χ1v) is 20.5. The number of carbonyl (C=O) groups is 6. The zero-order valence-corrected chi connectivity index (χ0v) is 36.2. The number of amides is 3. The Kier molecular flexibility index (Phi) is 18.3. The molecule has 0 radical (unpaired) electrons. The lowest BCUT2D eigenvalue weighted by atomic mass is 10.1. The van der Waals surface area contributed by atoms with Gasteiger partial charge in [0.2, 0.25) is 11.9 Å². The van der Waals surface area contributed by atoms with E-state index in [1.807, 2.05) is 30.3 Å². The number of methoxy groups -OCH3 is 1. The van der Waals surface area contributed by atoms with E-state index in [1.165, 1.54) is 18.2 Å². The molecule has 3 N–H and O–H groups in total. The summed E-state index contributed by atoms with van der Waals surface area (Å²) < 4.78 is 63.0. The molecule has 0 aliphatic rings. The molecular formula is C45H52F3N5O11. The number of hydrogen-bond acceptors (Lipinski definition) is 12. The molecule has 3 aromatic carbocycles. The molecule has 1 heterocycles. The molecular weight excluding hydrogens is 844 g/mol. The molecule has 0 bridgehead atoms. The van der Waals surface area contributed by atoms with Crippen LogP contribution in [0.3, 0.4) is 0 Å². The number of nitrogens with one attached hydrogen (secondary N) is 3. The van der Waals surface area contributed by atoms with E-state index in [2.05, 4.69) is 20.6 Å². The average molecular weight is 896 g/mol. The van der Waals surface area contributed by atoms with E-state index in [-0.39, 0.29) is 90.9 Å². The second-order valence-corrected chi connectivity index (χ2v) is 15.4. The van der Waals surface area contributed by atoms with Crippen LogP contribution >= 0.6 is 0 Å². The summed E-state index contributed by atoms with van der Waals surface area (Å²) in [6, 6.07) is 16.7. The van der Waals surface area contributed by atoms with Crippen LogP contribution in [0.15, 0.2) is 77.6 Å². The smallest absolute Gasteiger partial charge is 0.467 e. The second kappa shape index (κ2) is 23.3.